The van der Waals surface area contributed by atoms with Crippen LogP contribution in [0.5, 0.6) is 0 Å². The zero-order chi connectivity index (χ0) is 22.6. The molecule has 3 aromatic heterocycles. The summed E-state index contributed by atoms with van der Waals surface area (Å²) in [7, 11) is 0. The Hall–Kier alpha value is -3.71. The number of benzene rings is 2. The lowest BCUT2D eigenvalue weighted by molar-refractivity contribution is 0.323. The predicted molar refractivity (Wildman–Crippen MR) is 134 cm³/mol. The van der Waals surface area contributed by atoms with Crippen molar-refractivity contribution in [3.8, 4) is 11.1 Å². The molecule has 0 radical (unpaired) electrons. The standard InChI is InChI=1S/C27H27N7/c28-27-26-23(13-25(34(26)30-17-29-27)21-10-11-32(15-21)22-8-9-22)19-6-7-20-16-33(31-24(20)12-19)14-18-4-2-1-3-5-18/h1-7,12-13,16-17,21-22H,8-11,14-15H2,(H2,28,29,30). The first-order valence-electron chi connectivity index (χ1n) is 12.1. The smallest absolute Gasteiger partial charge is 0.151 e. The van der Waals surface area contributed by atoms with Crippen molar-refractivity contribution in [2.75, 3.05) is 18.8 Å². The molecule has 34 heavy (non-hydrogen) atoms. The van der Waals surface area contributed by atoms with Crippen molar-refractivity contribution in [3.05, 3.63) is 78.4 Å². The van der Waals surface area contributed by atoms with E-state index in [0.717, 1.165) is 53.1 Å². The van der Waals surface area contributed by atoms with Crippen LogP contribution in [-0.2, 0) is 6.54 Å². The van der Waals surface area contributed by atoms with E-state index < -0.39 is 0 Å². The van der Waals surface area contributed by atoms with Crippen LogP contribution in [0.2, 0.25) is 0 Å². The Bertz CT molecular complexity index is 1500. The van der Waals surface area contributed by atoms with E-state index in [1.165, 1.54) is 30.6 Å². The van der Waals surface area contributed by atoms with Gasteiger partial charge in [-0.1, -0.05) is 42.5 Å². The van der Waals surface area contributed by atoms with Crippen LogP contribution >= 0.6 is 0 Å². The van der Waals surface area contributed by atoms with Crippen LogP contribution in [0.4, 0.5) is 5.82 Å². The lowest BCUT2D eigenvalue weighted by Crippen LogP contribution is -2.22. The van der Waals surface area contributed by atoms with E-state index in [0.29, 0.717) is 11.7 Å². The average molecular weight is 450 g/mol. The Morgan fingerprint density at radius 2 is 1.88 bits per heavy atom. The maximum atomic E-state index is 6.39. The van der Waals surface area contributed by atoms with Crippen molar-refractivity contribution in [1.82, 2.24) is 29.3 Å². The van der Waals surface area contributed by atoms with E-state index in [4.69, 9.17) is 10.8 Å². The molecule has 2 aliphatic rings. The second kappa shape index (κ2) is 7.67. The first kappa shape index (κ1) is 19.7. The highest BCUT2D eigenvalue weighted by Gasteiger charge is 2.36. The summed E-state index contributed by atoms with van der Waals surface area (Å²) in [4.78, 5) is 6.95. The van der Waals surface area contributed by atoms with Gasteiger partial charge >= 0.3 is 0 Å². The molecular weight excluding hydrogens is 422 g/mol. The van der Waals surface area contributed by atoms with Gasteiger partial charge in [0.2, 0.25) is 0 Å². The zero-order valence-corrected chi connectivity index (χ0v) is 19.0. The maximum Gasteiger partial charge on any atom is 0.151 e. The van der Waals surface area contributed by atoms with Crippen LogP contribution < -0.4 is 5.73 Å². The third-order valence-electron chi connectivity index (χ3n) is 7.36. The summed E-state index contributed by atoms with van der Waals surface area (Å²) in [5.41, 5.74) is 12.9. The van der Waals surface area contributed by atoms with Crippen LogP contribution in [0.3, 0.4) is 0 Å². The predicted octanol–water partition coefficient (Wildman–Crippen LogP) is 4.33. The molecule has 1 aliphatic heterocycles. The van der Waals surface area contributed by atoms with E-state index in [1.54, 1.807) is 6.33 Å². The lowest BCUT2D eigenvalue weighted by atomic mass is 10.0. The molecule has 7 nitrogen and oxygen atoms in total. The SMILES string of the molecule is Nc1ncnn2c(C3CCN(C4CC4)C3)cc(-c3ccc4cn(Cc5ccccc5)nc4c3)c12. The number of nitrogens with zero attached hydrogens (tertiary/aromatic N) is 6. The number of fused-ring (bicyclic) bond motifs is 2. The minimum absolute atomic E-state index is 0.463. The second-order valence-electron chi connectivity index (χ2n) is 9.69. The number of anilines is 1. The fourth-order valence-corrected chi connectivity index (χ4v) is 5.49. The van der Waals surface area contributed by atoms with Crippen molar-refractivity contribution in [2.45, 2.75) is 37.8 Å². The molecule has 2 N–H and O–H groups in total. The van der Waals surface area contributed by atoms with Crippen molar-refractivity contribution in [3.63, 3.8) is 0 Å². The van der Waals surface area contributed by atoms with Crippen molar-refractivity contribution >= 4 is 22.2 Å². The van der Waals surface area contributed by atoms with Crippen LogP contribution in [-0.4, -0.2) is 48.4 Å². The highest BCUT2D eigenvalue weighted by Crippen LogP contribution is 2.39. The summed E-state index contributed by atoms with van der Waals surface area (Å²) in [6.45, 7) is 3.02. The van der Waals surface area contributed by atoms with Gasteiger partial charge in [-0.2, -0.15) is 10.2 Å². The number of nitrogen functional groups attached to an aromatic ring is 1. The van der Waals surface area contributed by atoms with Crippen molar-refractivity contribution in [2.24, 2.45) is 0 Å². The van der Waals surface area contributed by atoms with Crippen LogP contribution in [0.1, 0.15) is 36.4 Å². The van der Waals surface area contributed by atoms with E-state index >= 15 is 0 Å². The Morgan fingerprint density at radius 3 is 2.74 bits per heavy atom. The Labute approximate surface area is 197 Å². The number of rotatable bonds is 5. The largest absolute Gasteiger partial charge is 0.382 e. The molecule has 0 bridgehead atoms. The number of hydrogen-bond donors (Lipinski definition) is 1. The summed E-state index contributed by atoms with van der Waals surface area (Å²) >= 11 is 0. The van der Waals surface area contributed by atoms with E-state index in [-0.39, 0.29) is 0 Å². The van der Waals surface area contributed by atoms with Crippen LogP contribution in [0, 0.1) is 0 Å². The fourth-order valence-electron chi connectivity index (χ4n) is 5.49. The third-order valence-corrected chi connectivity index (χ3v) is 7.36. The van der Waals surface area contributed by atoms with Crippen LogP contribution in [0.15, 0.2) is 67.1 Å². The number of aromatic nitrogens is 5. The molecule has 2 aromatic carbocycles. The van der Waals surface area contributed by atoms with Crippen LogP contribution in [0.25, 0.3) is 27.5 Å². The highest BCUT2D eigenvalue weighted by molar-refractivity contribution is 5.92. The summed E-state index contributed by atoms with van der Waals surface area (Å²) in [6, 6.07) is 20.0. The van der Waals surface area contributed by atoms with Gasteiger partial charge in [0.1, 0.15) is 11.8 Å². The molecule has 5 aromatic rings. The number of hydrogen-bond acceptors (Lipinski definition) is 5. The summed E-state index contributed by atoms with van der Waals surface area (Å²) in [5.74, 6) is 0.980. The molecule has 1 unspecified atom stereocenters. The van der Waals surface area contributed by atoms with E-state index in [2.05, 4.69) is 69.7 Å². The van der Waals surface area contributed by atoms with Crippen molar-refractivity contribution < 1.29 is 0 Å². The summed E-state index contributed by atoms with van der Waals surface area (Å²) in [5, 5.41) is 10.6. The third kappa shape index (κ3) is 3.35. The van der Waals surface area contributed by atoms with Gasteiger partial charge in [-0.05, 0) is 49.1 Å². The monoisotopic (exact) mass is 449 g/mol. The topological polar surface area (TPSA) is 77.3 Å². The molecule has 1 saturated carbocycles. The van der Waals surface area contributed by atoms with Gasteiger partial charge in [0.05, 0.1) is 12.1 Å². The lowest BCUT2D eigenvalue weighted by Gasteiger charge is -2.14. The molecule has 4 heterocycles. The Kier molecular flexibility index (Phi) is 4.45. The highest BCUT2D eigenvalue weighted by atomic mass is 15.3. The first-order chi connectivity index (χ1) is 16.7. The number of nitrogens with two attached hydrogens (primary N) is 1. The minimum atomic E-state index is 0.463. The van der Waals surface area contributed by atoms with Gasteiger partial charge in [0.15, 0.2) is 5.82 Å². The second-order valence-corrected chi connectivity index (χ2v) is 9.69. The number of likely N-dealkylation sites (tertiary alicyclic amines) is 1. The van der Waals surface area contributed by atoms with Crippen molar-refractivity contribution in [1.29, 1.82) is 0 Å². The Balaban J connectivity index is 1.28. The molecule has 170 valence electrons. The average Bonchev–Trinajstić information content (AvgIpc) is 3.27. The molecule has 1 aliphatic carbocycles. The molecule has 0 amide bonds. The normalized spacial score (nSPS) is 18.9. The van der Waals surface area contributed by atoms with E-state index in [9.17, 15) is 0 Å². The minimum Gasteiger partial charge on any atom is -0.382 e. The maximum absolute atomic E-state index is 6.39. The van der Waals surface area contributed by atoms with Gasteiger partial charge in [-0.25, -0.2) is 9.50 Å². The zero-order valence-electron chi connectivity index (χ0n) is 19.0. The fraction of sp³-hybridized carbons (Fsp3) is 0.296. The molecule has 1 saturated heterocycles. The Morgan fingerprint density at radius 1 is 1.00 bits per heavy atom. The molecular formula is C27H27N7. The quantitative estimate of drug-likeness (QED) is 0.432. The molecule has 2 fully saturated rings. The summed E-state index contributed by atoms with van der Waals surface area (Å²) in [6.07, 6.45) is 7.53. The van der Waals surface area contributed by atoms with E-state index in [1.807, 2.05) is 15.3 Å². The molecule has 7 heteroatoms. The summed E-state index contributed by atoms with van der Waals surface area (Å²) < 4.78 is 4.03. The van der Waals surface area contributed by atoms with Gasteiger partial charge in [0.25, 0.3) is 0 Å². The van der Waals surface area contributed by atoms with Gasteiger partial charge in [0, 0.05) is 41.3 Å². The first-order valence-corrected chi connectivity index (χ1v) is 12.1. The van der Waals surface area contributed by atoms with Gasteiger partial charge in [-0.15, -0.1) is 0 Å². The molecule has 7 rings (SSSR count). The molecule has 1 atom stereocenters. The van der Waals surface area contributed by atoms with Gasteiger partial charge < -0.3 is 5.73 Å². The molecule has 0 spiro atoms. The van der Waals surface area contributed by atoms with Gasteiger partial charge in [-0.3, -0.25) is 9.58 Å².